The lowest BCUT2D eigenvalue weighted by atomic mass is 10.1. The zero-order valence-corrected chi connectivity index (χ0v) is 17.6. The van der Waals surface area contributed by atoms with Gasteiger partial charge in [-0.3, -0.25) is 0 Å². The van der Waals surface area contributed by atoms with Crippen LogP contribution in [0.5, 0.6) is 11.5 Å². The molecule has 154 valence electrons. The van der Waals surface area contributed by atoms with Crippen molar-refractivity contribution < 1.29 is 9.47 Å². The molecule has 1 aromatic heterocycles. The van der Waals surface area contributed by atoms with Crippen LogP contribution in [0.25, 0.3) is 22.7 Å². The van der Waals surface area contributed by atoms with Gasteiger partial charge < -0.3 is 14.5 Å². The number of aromatic amines is 1. The average Bonchev–Trinajstić information content (AvgIpc) is 3.19. The van der Waals surface area contributed by atoms with E-state index in [1.165, 1.54) is 11.1 Å². The van der Waals surface area contributed by atoms with E-state index < -0.39 is 0 Å². The van der Waals surface area contributed by atoms with Gasteiger partial charge in [0.25, 0.3) is 0 Å². The molecule has 0 unspecified atom stereocenters. The van der Waals surface area contributed by atoms with Gasteiger partial charge in [-0.2, -0.15) is 5.26 Å². The van der Waals surface area contributed by atoms with Crippen molar-refractivity contribution in [3.8, 4) is 17.6 Å². The first-order valence-electron chi connectivity index (χ1n) is 10.1. The molecule has 4 rings (SSSR count). The predicted octanol–water partition coefficient (Wildman–Crippen LogP) is 5.70. The molecule has 0 fully saturated rings. The minimum Gasteiger partial charge on any atom is -0.490 e. The number of nitriles is 1. The summed E-state index contributed by atoms with van der Waals surface area (Å²) in [4.78, 5) is 7.84. The van der Waals surface area contributed by atoms with Crippen molar-refractivity contribution in [2.75, 3.05) is 13.2 Å². The second kappa shape index (κ2) is 9.19. The summed E-state index contributed by atoms with van der Waals surface area (Å²) in [6.45, 7) is 5.04. The van der Waals surface area contributed by atoms with Crippen LogP contribution in [0.3, 0.4) is 0 Å². The minimum atomic E-state index is 0.450. The molecule has 5 nitrogen and oxygen atoms in total. The Morgan fingerprint density at radius 3 is 2.26 bits per heavy atom. The highest BCUT2D eigenvalue weighted by Crippen LogP contribution is 2.23. The van der Waals surface area contributed by atoms with Gasteiger partial charge in [0.2, 0.25) is 0 Å². The number of imidazole rings is 1. The third-order valence-electron chi connectivity index (χ3n) is 5.03. The van der Waals surface area contributed by atoms with E-state index in [-0.39, 0.29) is 0 Å². The van der Waals surface area contributed by atoms with Crippen molar-refractivity contribution in [1.29, 1.82) is 5.26 Å². The SMILES string of the molecule is Cc1cc2nc(/C(C#N)=C/c3ccc(OCCOc4ccccc4)cc3)[nH]c2cc1C. The maximum atomic E-state index is 9.65. The number of nitrogens with one attached hydrogen (secondary N) is 1. The van der Waals surface area contributed by atoms with E-state index in [0.717, 1.165) is 28.1 Å². The number of aromatic nitrogens is 2. The van der Waals surface area contributed by atoms with E-state index in [2.05, 4.69) is 36.0 Å². The lowest BCUT2D eigenvalue weighted by Crippen LogP contribution is -2.08. The van der Waals surface area contributed by atoms with E-state index >= 15 is 0 Å². The largest absolute Gasteiger partial charge is 0.490 e. The lowest BCUT2D eigenvalue weighted by molar-refractivity contribution is 0.217. The normalized spacial score (nSPS) is 11.3. The predicted molar refractivity (Wildman–Crippen MR) is 123 cm³/mol. The summed E-state index contributed by atoms with van der Waals surface area (Å²) in [6, 6.07) is 23.6. The summed E-state index contributed by atoms with van der Waals surface area (Å²) in [7, 11) is 0. The molecule has 0 amide bonds. The number of allylic oxidation sites excluding steroid dienone is 1. The van der Waals surface area contributed by atoms with E-state index in [4.69, 9.17) is 9.47 Å². The van der Waals surface area contributed by atoms with E-state index in [1.54, 1.807) is 0 Å². The number of H-pyrrole nitrogens is 1. The van der Waals surface area contributed by atoms with Gasteiger partial charge in [0, 0.05) is 0 Å². The first-order chi connectivity index (χ1) is 15.1. The highest BCUT2D eigenvalue weighted by Gasteiger charge is 2.09. The Morgan fingerprint density at radius 2 is 1.58 bits per heavy atom. The molecule has 0 aliphatic carbocycles. The number of hydrogen-bond acceptors (Lipinski definition) is 4. The molecule has 0 atom stereocenters. The molecule has 1 heterocycles. The third kappa shape index (κ3) is 4.93. The molecule has 5 heteroatoms. The number of para-hydroxylation sites is 1. The molecule has 1 N–H and O–H groups in total. The Balaban J connectivity index is 1.41. The van der Waals surface area contributed by atoms with Gasteiger partial charge in [-0.05, 0) is 73.0 Å². The van der Waals surface area contributed by atoms with Crippen molar-refractivity contribution in [3.05, 3.63) is 89.2 Å². The Bertz CT molecular complexity index is 1210. The van der Waals surface area contributed by atoms with Crippen LogP contribution in [-0.4, -0.2) is 23.2 Å². The number of fused-ring (bicyclic) bond motifs is 1. The zero-order valence-electron chi connectivity index (χ0n) is 17.6. The smallest absolute Gasteiger partial charge is 0.149 e. The van der Waals surface area contributed by atoms with Crippen molar-refractivity contribution in [3.63, 3.8) is 0 Å². The van der Waals surface area contributed by atoms with Gasteiger partial charge in [-0.1, -0.05) is 30.3 Å². The molecule has 0 saturated heterocycles. The Kier molecular flexibility index (Phi) is 6.00. The Hall–Kier alpha value is -4.04. The first kappa shape index (κ1) is 20.2. The fraction of sp³-hybridized carbons (Fsp3) is 0.154. The van der Waals surface area contributed by atoms with E-state index in [9.17, 15) is 5.26 Å². The lowest BCUT2D eigenvalue weighted by Gasteiger charge is -2.08. The molecule has 0 spiro atoms. The van der Waals surface area contributed by atoms with Crippen LogP contribution in [0.4, 0.5) is 0 Å². The number of ether oxygens (including phenoxy) is 2. The average molecular weight is 409 g/mol. The van der Waals surface area contributed by atoms with Crippen molar-refractivity contribution in [2.24, 2.45) is 0 Å². The van der Waals surface area contributed by atoms with Crippen molar-refractivity contribution >= 4 is 22.7 Å². The second-order valence-corrected chi connectivity index (χ2v) is 7.29. The molecular weight excluding hydrogens is 386 g/mol. The highest BCUT2D eigenvalue weighted by atomic mass is 16.5. The van der Waals surface area contributed by atoms with Gasteiger partial charge in [-0.25, -0.2) is 4.98 Å². The van der Waals surface area contributed by atoms with E-state index in [1.807, 2.05) is 66.7 Å². The summed E-state index contributed by atoms with van der Waals surface area (Å²) in [5.74, 6) is 2.15. The highest BCUT2D eigenvalue weighted by molar-refractivity contribution is 5.90. The number of aryl methyl sites for hydroxylation is 2. The molecule has 0 aliphatic rings. The molecule has 0 bridgehead atoms. The summed E-state index contributed by atoms with van der Waals surface area (Å²) in [6.07, 6.45) is 1.82. The maximum Gasteiger partial charge on any atom is 0.149 e. The van der Waals surface area contributed by atoms with Crippen molar-refractivity contribution in [2.45, 2.75) is 13.8 Å². The number of rotatable bonds is 7. The quantitative estimate of drug-likeness (QED) is 0.314. The van der Waals surface area contributed by atoms with E-state index in [0.29, 0.717) is 24.6 Å². The monoisotopic (exact) mass is 409 g/mol. The summed E-state index contributed by atoms with van der Waals surface area (Å²) in [5.41, 5.74) is 5.54. The fourth-order valence-electron chi connectivity index (χ4n) is 3.21. The fourth-order valence-corrected chi connectivity index (χ4v) is 3.21. The van der Waals surface area contributed by atoms with Crippen LogP contribution in [0, 0.1) is 25.2 Å². The van der Waals surface area contributed by atoms with Crippen LogP contribution in [0.1, 0.15) is 22.5 Å². The molecule has 0 saturated carbocycles. The molecule has 3 aromatic carbocycles. The molecule has 4 aromatic rings. The van der Waals surface area contributed by atoms with Crippen LogP contribution in [-0.2, 0) is 0 Å². The topological polar surface area (TPSA) is 70.9 Å². The van der Waals surface area contributed by atoms with Crippen LogP contribution in [0.2, 0.25) is 0 Å². The maximum absolute atomic E-state index is 9.65. The number of hydrogen-bond donors (Lipinski definition) is 1. The Morgan fingerprint density at radius 1 is 0.935 bits per heavy atom. The minimum absolute atomic E-state index is 0.450. The van der Waals surface area contributed by atoms with Gasteiger partial charge in [0.1, 0.15) is 36.6 Å². The van der Waals surface area contributed by atoms with Crippen molar-refractivity contribution in [1.82, 2.24) is 9.97 Å². The second-order valence-electron chi connectivity index (χ2n) is 7.29. The molecular formula is C26H23N3O2. The standard InChI is InChI=1S/C26H23N3O2/c1-18-14-24-25(15-19(18)2)29-26(28-24)21(17-27)16-20-8-10-23(11-9-20)31-13-12-30-22-6-4-3-5-7-22/h3-11,14-16H,12-13H2,1-2H3,(H,28,29)/b21-16+. The number of nitrogens with zero attached hydrogens (tertiary/aromatic N) is 2. The van der Waals surface area contributed by atoms with Gasteiger partial charge in [0.05, 0.1) is 16.6 Å². The molecule has 0 aliphatic heterocycles. The summed E-state index contributed by atoms with van der Waals surface area (Å²) in [5, 5.41) is 9.65. The third-order valence-corrected chi connectivity index (χ3v) is 5.03. The van der Waals surface area contributed by atoms with Crippen LogP contribution >= 0.6 is 0 Å². The summed E-state index contributed by atoms with van der Waals surface area (Å²) >= 11 is 0. The van der Waals surface area contributed by atoms with Gasteiger partial charge >= 0.3 is 0 Å². The van der Waals surface area contributed by atoms with Gasteiger partial charge in [-0.15, -0.1) is 0 Å². The van der Waals surface area contributed by atoms with Crippen LogP contribution in [0.15, 0.2) is 66.7 Å². The summed E-state index contributed by atoms with van der Waals surface area (Å²) < 4.78 is 11.4. The molecule has 0 radical (unpaired) electrons. The van der Waals surface area contributed by atoms with Crippen LogP contribution < -0.4 is 9.47 Å². The Labute approximate surface area is 181 Å². The van der Waals surface area contributed by atoms with Gasteiger partial charge in [0.15, 0.2) is 0 Å². The molecule has 31 heavy (non-hydrogen) atoms. The zero-order chi connectivity index (χ0) is 21.6. The first-order valence-corrected chi connectivity index (χ1v) is 10.1. The number of benzene rings is 3.